The summed E-state index contributed by atoms with van der Waals surface area (Å²) in [6, 6.07) is 9.31. The van der Waals surface area contributed by atoms with Gasteiger partial charge in [0.2, 0.25) is 10.0 Å². The molecule has 0 spiro atoms. The number of sulfone groups is 1. The third-order valence-electron chi connectivity index (χ3n) is 5.84. The molecular weight excluding hydrogens is 502 g/mol. The molecular formula is C26H31NO7S2. The van der Waals surface area contributed by atoms with E-state index >= 15 is 0 Å². The largest absolute Gasteiger partial charge is 0.490 e. The highest BCUT2D eigenvalue weighted by Crippen LogP contribution is 2.28. The van der Waals surface area contributed by atoms with Crippen LogP contribution in [0.1, 0.15) is 68.3 Å². The van der Waals surface area contributed by atoms with Crippen LogP contribution in [-0.4, -0.2) is 45.2 Å². The number of carbonyl (C=O) groups is 1. The van der Waals surface area contributed by atoms with Crippen LogP contribution < -0.4 is 9.88 Å². The summed E-state index contributed by atoms with van der Waals surface area (Å²) >= 11 is 0. The van der Waals surface area contributed by atoms with Crippen molar-refractivity contribution in [2.75, 3.05) is 5.75 Å². The Labute approximate surface area is 212 Å². The Morgan fingerprint density at radius 1 is 1.03 bits per heavy atom. The Morgan fingerprint density at radius 3 is 2.22 bits per heavy atom. The van der Waals surface area contributed by atoms with Gasteiger partial charge in [-0.25, -0.2) is 22.0 Å². The average molecular weight is 534 g/mol. The molecule has 0 bridgehead atoms. The maximum absolute atomic E-state index is 12.9. The van der Waals surface area contributed by atoms with Crippen molar-refractivity contribution < 1.29 is 31.5 Å². The summed E-state index contributed by atoms with van der Waals surface area (Å²) in [6.45, 7) is 3.61. The molecule has 0 aromatic heterocycles. The van der Waals surface area contributed by atoms with Crippen LogP contribution in [0.2, 0.25) is 0 Å². The summed E-state index contributed by atoms with van der Waals surface area (Å²) in [4.78, 5) is 11.9. The molecule has 0 saturated heterocycles. The Bertz CT molecular complexity index is 1390. The number of aliphatic hydroxyl groups is 1. The normalized spacial score (nSPS) is 16.0. The lowest BCUT2D eigenvalue weighted by atomic mass is 9.94. The van der Waals surface area contributed by atoms with E-state index in [1.807, 2.05) is 0 Å². The Morgan fingerprint density at radius 2 is 1.64 bits per heavy atom. The van der Waals surface area contributed by atoms with Crippen molar-refractivity contribution in [1.29, 1.82) is 0 Å². The molecule has 1 saturated carbocycles. The first kappa shape index (κ1) is 27.9. The fourth-order valence-electron chi connectivity index (χ4n) is 4.05. The van der Waals surface area contributed by atoms with E-state index in [0.29, 0.717) is 24.2 Å². The average Bonchev–Trinajstić information content (AvgIpc) is 3.01. The van der Waals surface area contributed by atoms with Crippen LogP contribution in [0.15, 0.2) is 52.3 Å². The molecule has 3 rings (SSSR count). The van der Waals surface area contributed by atoms with Gasteiger partial charge < -0.3 is 9.84 Å². The first-order chi connectivity index (χ1) is 16.8. The Balaban J connectivity index is 1.92. The van der Waals surface area contributed by atoms with E-state index in [1.54, 1.807) is 19.9 Å². The van der Waals surface area contributed by atoms with Gasteiger partial charge in [0.25, 0.3) is 0 Å². The highest BCUT2D eigenvalue weighted by molar-refractivity contribution is 7.94. The van der Waals surface area contributed by atoms with Crippen LogP contribution >= 0.6 is 0 Å². The quantitative estimate of drug-likeness (QED) is 0.316. The van der Waals surface area contributed by atoms with Gasteiger partial charge in [0.05, 0.1) is 16.6 Å². The predicted octanol–water partition coefficient (Wildman–Crippen LogP) is 3.21. The van der Waals surface area contributed by atoms with Crippen LogP contribution in [0.25, 0.3) is 0 Å². The van der Waals surface area contributed by atoms with E-state index in [9.17, 15) is 26.7 Å². The van der Waals surface area contributed by atoms with E-state index in [-0.39, 0.29) is 11.7 Å². The molecule has 0 radical (unpaired) electrons. The van der Waals surface area contributed by atoms with Crippen molar-refractivity contribution in [3.8, 4) is 17.6 Å². The van der Waals surface area contributed by atoms with Gasteiger partial charge in [-0.05, 0) is 69.9 Å². The molecule has 1 aliphatic rings. The molecule has 3 N–H and O–H groups in total. The molecule has 194 valence electrons. The number of ketones is 1. The fourth-order valence-corrected chi connectivity index (χ4v) is 6.72. The number of hydrogen-bond acceptors (Lipinski definition) is 7. The smallest absolute Gasteiger partial charge is 0.239 e. The molecule has 1 aliphatic carbocycles. The summed E-state index contributed by atoms with van der Waals surface area (Å²) in [5, 5.41) is 16.0. The van der Waals surface area contributed by atoms with Crippen molar-refractivity contribution >= 4 is 25.6 Å². The molecule has 8 nitrogen and oxygen atoms in total. The summed E-state index contributed by atoms with van der Waals surface area (Å²) in [7, 11) is -8.63. The lowest BCUT2D eigenvalue weighted by Gasteiger charge is -2.19. The van der Waals surface area contributed by atoms with Gasteiger partial charge >= 0.3 is 0 Å². The van der Waals surface area contributed by atoms with E-state index in [1.165, 1.54) is 24.3 Å². The fraction of sp³-hybridized carbons (Fsp3) is 0.423. The molecule has 0 heterocycles. The predicted molar refractivity (Wildman–Crippen MR) is 136 cm³/mol. The lowest BCUT2D eigenvalue weighted by Crippen LogP contribution is -2.25. The summed E-state index contributed by atoms with van der Waals surface area (Å²) in [6.07, 6.45) is 4.86. The van der Waals surface area contributed by atoms with Gasteiger partial charge in [0.15, 0.2) is 15.6 Å². The standard InChI is InChI=1S/C26H31NO7S2/c1-19(2)34-23-17-21(12-11-20(23)13-16-26(29)14-7-3-4-8-15-26)22(28)18-35(30,31)24-9-5-6-10-25(24)36(27,32)33/h5-6,9-12,17,19,29H,3-4,7-8,14-15,18H2,1-2H3,(H2,27,32,33). The van der Waals surface area contributed by atoms with Crippen molar-refractivity contribution in [2.24, 2.45) is 5.14 Å². The van der Waals surface area contributed by atoms with E-state index < -0.39 is 46.8 Å². The number of hydrogen-bond donors (Lipinski definition) is 2. The summed E-state index contributed by atoms with van der Waals surface area (Å²) < 4.78 is 55.4. The van der Waals surface area contributed by atoms with Crippen LogP contribution in [0, 0.1) is 11.8 Å². The van der Waals surface area contributed by atoms with Crippen LogP contribution in [0.5, 0.6) is 5.75 Å². The van der Waals surface area contributed by atoms with Crippen molar-refractivity contribution in [3.63, 3.8) is 0 Å². The second-order valence-electron chi connectivity index (χ2n) is 9.25. The second-order valence-corrected chi connectivity index (χ2v) is 12.7. The van der Waals surface area contributed by atoms with Gasteiger partial charge in [0.1, 0.15) is 22.0 Å². The van der Waals surface area contributed by atoms with Gasteiger partial charge in [-0.15, -0.1) is 0 Å². The zero-order chi connectivity index (χ0) is 26.6. The first-order valence-electron chi connectivity index (χ1n) is 11.7. The highest BCUT2D eigenvalue weighted by atomic mass is 32.2. The van der Waals surface area contributed by atoms with E-state index in [0.717, 1.165) is 37.8 Å². The number of carbonyl (C=O) groups excluding carboxylic acids is 1. The zero-order valence-corrected chi connectivity index (χ0v) is 22.0. The molecule has 0 unspecified atom stereocenters. The Kier molecular flexibility index (Phi) is 8.62. The minimum atomic E-state index is -4.31. The van der Waals surface area contributed by atoms with Crippen LogP contribution in [0.3, 0.4) is 0 Å². The molecule has 36 heavy (non-hydrogen) atoms. The topological polar surface area (TPSA) is 141 Å². The zero-order valence-electron chi connectivity index (χ0n) is 20.4. The summed E-state index contributed by atoms with van der Waals surface area (Å²) in [5.41, 5.74) is -0.536. The minimum Gasteiger partial charge on any atom is -0.490 e. The van der Waals surface area contributed by atoms with Crippen molar-refractivity contribution in [3.05, 3.63) is 53.6 Å². The van der Waals surface area contributed by atoms with Crippen molar-refractivity contribution in [1.82, 2.24) is 0 Å². The maximum Gasteiger partial charge on any atom is 0.239 e. The molecule has 0 amide bonds. The highest BCUT2D eigenvalue weighted by Gasteiger charge is 2.28. The van der Waals surface area contributed by atoms with Crippen LogP contribution in [0.4, 0.5) is 0 Å². The van der Waals surface area contributed by atoms with Gasteiger partial charge in [-0.3, -0.25) is 4.79 Å². The Hall–Kier alpha value is -2.71. The van der Waals surface area contributed by atoms with Crippen LogP contribution in [-0.2, 0) is 19.9 Å². The third kappa shape index (κ3) is 7.17. The maximum atomic E-state index is 12.9. The number of sulfonamides is 1. The van der Waals surface area contributed by atoms with Gasteiger partial charge in [-0.1, -0.05) is 36.8 Å². The minimum absolute atomic E-state index is 0.0704. The lowest BCUT2D eigenvalue weighted by molar-refractivity contribution is 0.0849. The molecule has 2 aromatic rings. The number of benzene rings is 2. The molecule has 0 aliphatic heterocycles. The monoisotopic (exact) mass is 533 g/mol. The van der Waals surface area contributed by atoms with Gasteiger partial charge in [0, 0.05) is 5.56 Å². The molecule has 1 fully saturated rings. The number of Topliss-reactive ketones (excluding diaryl/α,β-unsaturated/α-hetero) is 1. The van der Waals surface area contributed by atoms with Gasteiger partial charge in [-0.2, -0.15) is 0 Å². The molecule has 10 heteroatoms. The SMILES string of the molecule is CC(C)Oc1cc(C(=O)CS(=O)(=O)c2ccccc2S(N)(=O)=O)ccc1C#CC1(O)CCCCCC1. The third-order valence-corrected chi connectivity index (χ3v) is 8.61. The number of nitrogens with two attached hydrogens (primary N) is 1. The van der Waals surface area contributed by atoms with Crippen molar-refractivity contribution in [2.45, 2.75) is 73.9 Å². The molecule has 2 aromatic carbocycles. The number of primary sulfonamides is 1. The first-order valence-corrected chi connectivity index (χ1v) is 14.9. The van der Waals surface area contributed by atoms with E-state index in [2.05, 4.69) is 11.8 Å². The molecule has 0 atom stereocenters. The number of rotatable bonds is 7. The summed E-state index contributed by atoms with van der Waals surface area (Å²) in [5.74, 6) is 4.56. The van der Waals surface area contributed by atoms with E-state index in [4.69, 9.17) is 9.88 Å². The second kappa shape index (κ2) is 11.1. The number of ether oxygens (including phenoxy) is 1.